The van der Waals surface area contributed by atoms with E-state index in [1.54, 1.807) is 6.20 Å². The summed E-state index contributed by atoms with van der Waals surface area (Å²) in [5.41, 5.74) is -0.246. The van der Waals surface area contributed by atoms with Crippen LogP contribution in [-0.2, 0) is 15.6 Å². The zero-order valence-corrected chi connectivity index (χ0v) is 17.9. The molecule has 33 heavy (non-hydrogen) atoms. The van der Waals surface area contributed by atoms with Crippen molar-refractivity contribution in [3.8, 4) is 0 Å². The van der Waals surface area contributed by atoms with Gasteiger partial charge in [0.15, 0.2) is 21.5 Å². The first kappa shape index (κ1) is 21.3. The molecule has 0 spiro atoms. The molecule has 11 heteroatoms. The number of rotatable bonds is 2. The van der Waals surface area contributed by atoms with Crippen LogP contribution in [0.3, 0.4) is 0 Å². The molecule has 3 aromatic heterocycles. The van der Waals surface area contributed by atoms with E-state index in [-0.39, 0.29) is 33.1 Å². The Morgan fingerprint density at radius 1 is 1.12 bits per heavy atom. The van der Waals surface area contributed by atoms with Crippen molar-refractivity contribution in [1.82, 2.24) is 14.3 Å². The summed E-state index contributed by atoms with van der Waals surface area (Å²) in [7, 11) is -2.37. The van der Waals surface area contributed by atoms with Crippen LogP contribution in [0.1, 0.15) is 27.7 Å². The number of fused-ring (bicyclic) bond motifs is 4. The number of H-pyrrole nitrogens is 1. The third kappa shape index (κ3) is 3.39. The molecule has 1 aliphatic rings. The van der Waals surface area contributed by atoms with Gasteiger partial charge in [0, 0.05) is 30.7 Å². The van der Waals surface area contributed by atoms with E-state index in [4.69, 9.17) is 0 Å². The number of benzene rings is 1. The molecule has 0 aliphatic carbocycles. The Bertz CT molecular complexity index is 1640. The predicted octanol–water partition coefficient (Wildman–Crippen LogP) is 2.94. The van der Waals surface area contributed by atoms with Crippen LogP contribution in [0.4, 0.5) is 13.2 Å². The monoisotopic (exact) mass is 475 g/mol. The molecule has 1 amide bonds. The van der Waals surface area contributed by atoms with Gasteiger partial charge in [-0.15, -0.1) is 0 Å². The highest BCUT2D eigenvalue weighted by atomic mass is 32.2. The zero-order valence-electron chi connectivity index (χ0n) is 17.1. The third-order valence-corrected chi connectivity index (χ3v) is 7.46. The first-order valence-corrected chi connectivity index (χ1v) is 11.7. The maximum Gasteiger partial charge on any atom is 0.256 e. The largest absolute Gasteiger partial charge is 0.333 e. The number of nitrogens with zero attached hydrogens (tertiary/aromatic N) is 2. The van der Waals surface area contributed by atoms with Gasteiger partial charge in [-0.05, 0) is 35.7 Å². The first-order chi connectivity index (χ1) is 15.6. The summed E-state index contributed by atoms with van der Waals surface area (Å²) in [5, 5.41) is -0.130. The maximum atomic E-state index is 14.1. The van der Waals surface area contributed by atoms with Crippen molar-refractivity contribution in [1.29, 1.82) is 0 Å². The number of pyridine rings is 2. The van der Waals surface area contributed by atoms with Crippen molar-refractivity contribution < 1.29 is 26.4 Å². The van der Waals surface area contributed by atoms with E-state index in [2.05, 4.69) is 4.98 Å². The molecule has 0 saturated heterocycles. The van der Waals surface area contributed by atoms with Crippen molar-refractivity contribution in [3.05, 3.63) is 87.4 Å². The number of nitrogens with one attached hydrogen (secondary N) is 1. The second-order valence-electron chi connectivity index (χ2n) is 8.02. The van der Waals surface area contributed by atoms with Crippen molar-refractivity contribution in [2.45, 2.75) is 11.8 Å². The molecular formula is C22H16F3N3O4S. The lowest BCUT2D eigenvalue weighted by Gasteiger charge is -2.33. The van der Waals surface area contributed by atoms with E-state index in [1.165, 1.54) is 35.8 Å². The number of aromatic amines is 1. The molecule has 1 N–H and O–H groups in total. The summed E-state index contributed by atoms with van der Waals surface area (Å²) in [6.45, 7) is 0. The lowest BCUT2D eigenvalue weighted by atomic mass is 9.97. The lowest BCUT2D eigenvalue weighted by molar-refractivity contribution is 0.0744. The number of halogens is 3. The number of carbonyl (C=O) groups excluding carboxylic acids is 1. The predicted molar refractivity (Wildman–Crippen MR) is 114 cm³/mol. The summed E-state index contributed by atoms with van der Waals surface area (Å²) in [6.07, 6.45) is 2.97. The minimum atomic E-state index is -3.74. The number of carbonyl (C=O) groups is 1. The summed E-state index contributed by atoms with van der Waals surface area (Å²) in [5.74, 6) is -4.55. The third-order valence-electron chi connectivity index (χ3n) is 5.91. The van der Waals surface area contributed by atoms with Gasteiger partial charge >= 0.3 is 0 Å². The standard InChI is InChI=1S/C22H16F3N3O4S/c1-27(22(30)11-5-18-14(23)3-2-4-28(18)8-11)19-10-33(31,32)9-17-20(19)12-6-15(24)16(25)7-13(12)21(29)26-17/h2-8,19H,9-10H2,1H3,(H,26,29). The molecule has 4 aromatic rings. The van der Waals surface area contributed by atoms with Gasteiger partial charge in [0.25, 0.3) is 11.5 Å². The van der Waals surface area contributed by atoms with E-state index in [9.17, 15) is 31.2 Å². The second-order valence-corrected chi connectivity index (χ2v) is 10.1. The molecule has 1 atom stereocenters. The minimum absolute atomic E-state index is 0.0162. The van der Waals surface area contributed by atoms with Crippen LogP contribution in [0, 0.1) is 17.5 Å². The molecule has 1 aliphatic heterocycles. The Morgan fingerprint density at radius 3 is 2.52 bits per heavy atom. The summed E-state index contributed by atoms with van der Waals surface area (Å²) >= 11 is 0. The fourth-order valence-corrected chi connectivity index (χ4v) is 6.01. The van der Waals surface area contributed by atoms with Crippen molar-refractivity contribution in [2.75, 3.05) is 12.8 Å². The molecule has 170 valence electrons. The molecule has 4 heterocycles. The fraction of sp³-hybridized carbons (Fsp3) is 0.182. The highest BCUT2D eigenvalue weighted by Gasteiger charge is 2.37. The van der Waals surface area contributed by atoms with Crippen LogP contribution in [-0.4, -0.2) is 41.4 Å². The highest BCUT2D eigenvalue weighted by molar-refractivity contribution is 7.90. The van der Waals surface area contributed by atoms with Crippen LogP contribution in [0.15, 0.2) is 47.5 Å². The molecule has 7 nitrogen and oxygen atoms in total. The molecular weight excluding hydrogens is 459 g/mol. The van der Waals surface area contributed by atoms with Gasteiger partial charge in [-0.25, -0.2) is 21.6 Å². The van der Waals surface area contributed by atoms with Crippen LogP contribution < -0.4 is 5.56 Å². The fourth-order valence-electron chi connectivity index (χ4n) is 4.36. The Labute approximate surface area is 185 Å². The van der Waals surface area contributed by atoms with Crippen molar-refractivity contribution in [3.63, 3.8) is 0 Å². The van der Waals surface area contributed by atoms with Crippen LogP contribution in [0.2, 0.25) is 0 Å². The van der Waals surface area contributed by atoms with Crippen LogP contribution in [0.25, 0.3) is 16.3 Å². The minimum Gasteiger partial charge on any atom is -0.333 e. The van der Waals surface area contributed by atoms with Crippen molar-refractivity contribution in [2.24, 2.45) is 0 Å². The van der Waals surface area contributed by atoms with Gasteiger partial charge in [-0.1, -0.05) is 0 Å². The van der Waals surface area contributed by atoms with Gasteiger partial charge in [0.2, 0.25) is 0 Å². The van der Waals surface area contributed by atoms with Crippen LogP contribution >= 0.6 is 0 Å². The number of aromatic nitrogens is 2. The Morgan fingerprint density at radius 2 is 1.82 bits per heavy atom. The molecule has 0 bridgehead atoms. The lowest BCUT2D eigenvalue weighted by Crippen LogP contribution is -2.39. The van der Waals surface area contributed by atoms with E-state index in [1.807, 2.05) is 0 Å². The quantitative estimate of drug-likeness (QED) is 0.483. The van der Waals surface area contributed by atoms with Gasteiger partial charge in [-0.3, -0.25) is 9.59 Å². The number of amides is 1. The molecule has 0 fully saturated rings. The van der Waals surface area contributed by atoms with E-state index < -0.39 is 56.3 Å². The first-order valence-electron chi connectivity index (χ1n) is 9.83. The second kappa shape index (κ2) is 7.20. The topological polar surface area (TPSA) is 91.7 Å². The van der Waals surface area contributed by atoms with E-state index in [0.29, 0.717) is 0 Å². The zero-order chi connectivity index (χ0) is 23.7. The number of sulfone groups is 1. The number of hydrogen-bond donors (Lipinski definition) is 1. The smallest absolute Gasteiger partial charge is 0.256 e. The maximum absolute atomic E-state index is 14.1. The molecule has 1 aromatic carbocycles. The van der Waals surface area contributed by atoms with Gasteiger partial charge in [-0.2, -0.15) is 0 Å². The molecule has 0 radical (unpaired) electrons. The summed E-state index contributed by atoms with van der Waals surface area (Å²) in [4.78, 5) is 29.3. The average molecular weight is 475 g/mol. The van der Waals surface area contributed by atoms with Gasteiger partial charge in [0.05, 0.1) is 34.0 Å². The Balaban J connectivity index is 1.69. The summed E-state index contributed by atoms with van der Waals surface area (Å²) < 4.78 is 68.6. The van der Waals surface area contributed by atoms with Gasteiger partial charge < -0.3 is 14.3 Å². The van der Waals surface area contributed by atoms with Crippen molar-refractivity contribution >= 4 is 32.0 Å². The van der Waals surface area contributed by atoms with E-state index >= 15 is 0 Å². The molecule has 5 rings (SSSR count). The van der Waals surface area contributed by atoms with Crippen LogP contribution in [0.5, 0.6) is 0 Å². The molecule has 0 saturated carbocycles. The normalized spacial score (nSPS) is 17.3. The van der Waals surface area contributed by atoms with E-state index in [0.717, 1.165) is 17.0 Å². The Hall–Kier alpha value is -3.60. The highest BCUT2D eigenvalue weighted by Crippen LogP contribution is 2.36. The molecule has 1 unspecified atom stereocenters. The Kier molecular flexibility index (Phi) is 4.64. The average Bonchev–Trinajstić information content (AvgIpc) is 3.18. The van der Waals surface area contributed by atoms with Gasteiger partial charge in [0.1, 0.15) is 5.82 Å². The summed E-state index contributed by atoms with van der Waals surface area (Å²) in [6, 6.07) is 4.54. The SMILES string of the molecule is CN(C(=O)c1cc2c(F)cccn2c1)C1CS(=O)(=O)Cc2[nH]c(=O)c3cc(F)c(F)cc3c21. The number of hydrogen-bond acceptors (Lipinski definition) is 4.